The molecule has 0 aliphatic carbocycles. The lowest BCUT2D eigenvalue weighted by Crippen LogP contribution is -2.46. The Morgan fingerprint density at radius 3 is 2.56 bits per heavy atom. The molecule has 10 heteroatoms. The van der Waals surface area contributed by atoms with Gasteiger partial charge in [-0.2, -0.15) is 0 Å². The summed E-state index contributed by atoms with van der Waals surface area (Å²) in [6, 6.07) is 12.1. The van der Waals surface area contributed by atoms with Crippen LogP contribution in [0.3, 0.4) is 0 Å². The molecule has 176 valence electrons. The van der Waals surface area contributed by atoms with E-state index < -0.39 is 16.2 Å². The number of nitro groups is 1. The lowest BCUT2D eigenvalue weighted by Gasteiger charge is -2.36. The summed E-state index contributed by atoms with van der Waals surface area (Å²) in [5.41, 5.74) is 2.81. The molecule has 9 nitrogen and oxygen atoms in total. The van der Waals surface area contributed by atoms with E-state index in [4.69, 9.17) is 0 Å². The Labute approximate surface area is 204 Å². The van der Waals surface area contributed by atoms with Gasteiger partial charge in [0.1, 0.15) is 10.1 Å². The molecule has 1 saturated heterocycles. The van der Waals surface area contributed by atoms with Crippen molar-refractivity contribution < 1.29 is 4.92 Å². The molecule has 4 heterocycles. The van der Waals surface area contributed by atoms with Gasteiger partial charge in [-0.3, -0.25) is 19.8 Å². The lowest BCUT2D eigenvalue weighted by molar-refractivity contribution is -0.385. The fraction of sp³-hybridized carbons (Fsp3) is 0.333. The minimum atomic E-state index is -0.619. The van der Waals surface area contributed by atoms with Crippen LogP contribution in [0.4, 0.5) is 11.4 Å². The average Bonchev–Trinajstić information content (AvgIpc) is 3.26. The first kappa shape index (κ1) is 22.5. The number of aryl methyl sites for hydroxylation is 2. The quantitative estimate of drug-likeness (QED) is 0.223. The van der Waals surface area contributed by atoms with Crippen LogP contribution in [0.25, 0.3) is 21.9 Å². The number of anilines is 1. The van der Waals surface area contributed by atoms with Crippen molar-refractivity contribution in [2.45, 2.75) is 20.0 Å². The first-order chi connectivity index (χ1) is 16.4. The van der Waals surface area contributed by atoms with E-state index >= 15 is 0 Å². The number of halogens is 1. The van der Waals surface area contributed by atoms with E-state index in [1.165, 1.54) is 21.0 Å². The Hall–Kier alpha value is -3.24. The fourth-order valence-electron chi connectivity index (χ4n) is 4.89. The molecule has 1 fully saturated rings. The first-order valence-corrected chi connectivity index (χ1v) is 12.1. The average molecular weight is 525 g/mol. The van der Waals surface area contributed by atoms with Crippen molar-refractivity contribution in [3.05, 3.63) is 73.2 Å². The summed E-state index contributed by atoms with van der Waals surface area (Å²) >= 11 is 3.37. The Kier molecular flexibility index (Phi) is 5.86. The fourth-order valence-corrected chi connectivity index (χ4v) is 5.20. The smallest absolute Gasteiger partial charge is 0.359 e. The first-order valence-electron chi connectivity index (χ1n) is 11.3. The Morgan fingerprint density at radius 2 is 1.85 bits per heavy atom. The number of pyridine rings is 2. The van der Waals surface area contributed by atoms with Gasteiger partial charge < -0.3 is 14.0 Å². The topological polar surface area (TPSA) is 89.4 Å². The molecule has 0 amide bonds. The molecule has 1 aliphatic heterocycles. The molecular weight excluding hydrogens is 500 g/mol. The summed E-state index contributed by atoms with van der Waals surface area (Å²) in [5, 5.41) is 13.2. The van der Waals surface area contributed by atoms with Crippen LogP contribution in [-0.2, 0) is 20.1 Å². The maximum atomic E-state index is 12.9. The van der Waals surface area contributed by atoms with E-state index in [0.717, 1.165) is 26.2 Å². The molecule has 3 aromatic heterocycles. The molecule has 4 aromatic rings. The highest BCUT2D eigenvalue weighted by atomic mass is 79.9. The zero-order chi connectivity index (χ0) is 24.0. The lowest BCUT2D eigenvalue weighted by atomic mass is 10.1. The number of hydrogen-bond donors (Lipinski definition) is 0. The molecule has 34 heavy (non-hydrogen) atoms. The molecule has 1 aromatic carbocycles. The van der Waals surface area contributed by atoms with Crippen LogP contribution >= 0.6 is 15.9 Å². The summed E-state index contributed by atoms with van der Waals surface area (Å²) in [7, 11) is 1.54. The minimum absolute atomic E-state index is 0.311. The summed E-state index contributed by atoms with van der Waals surface area (Å²) < 4.78 is 4.11. The second kappa shape index (κ2) is 8.84. The van der Waals surface area contributed by atoms with Gasteiger partial charge in [-0.25, -0.2) is 4.98 Å². The van der Waals surface area contributed by atoms with Crippen LogP contribution in [0.5, 0.6) is 0 Å². The van der Waals surface area contributed by atoms with Gasteiger partial charge in [-0.1, -0.05) is 12.1 Å². The van der Waals surface area contributed by atoms with Crippen LogP contribution < -0.4 is 10.5 Å². The Balaban J connectivity index is 1.45. The highest BCUT2D eigenvalue weighted by Crippen LogP contribution is 2.34. The molecule has 0 unspecified atom stereocenters. The van der Waals surface area contributed by atoms with Gasteiger partial charge in [0.15, 0.2) is 5.69 Å². The molecule has 0 N–H and O–H groups in total. The van der Waals surface area contributed by atoms with Gasteiger partial charge >= 0.3 is 11.2 Å². The molecule has 0 atom stereocenters. The van der Waals surface area contributed by atoms with E-state index in [1.54, 1.807) is 19.2 Å². The van der Waals surface area contributed by atoms with Crippen LogP contribution in [0.15, 0.2) is 52.0 Å². The van der Waals surface area contributed by atoms with E-state index in [2.05, 4.69) is 67.8 Å². The standard InChI is InChI=1S/C24H25BrN6O3/c1-3-29-10-9-17-16(5-4-6-18(17)29)15-28-11-13-30(14-12-28)22-21-19(7-8-20(25)26-21)27(2)24(32)23(22)31(33)34/h4-10H,3,11-15H2,1-2H3. The van der Waals surface area contributed by atoms with E-state index in [0.29, 0.717) is 34.4 Å². The number of piperazine rings is 1. The number of rotatable bonds is 5. The van der Waals surface area contributed by atoms with Gasteiger partial charge in [-0.05, 0) is 52.7 Å². The molecule has 0 spiro atoms. The van der Waals surface area contributed by atoms with Gasteiger partial charge in [0.05, 0.1) is 10.4 Å². The second-order valence-corrected chi connectivity index (χ2v) is 9.35. The third-order valence-electron chi connectivity index (χ3n) is 6.67. The van der Waals surface area contributed by atoms with E-state index in [-0.39, 0.29) is 0 Å². The van der Waals surface area contributed by atoms with Crippen LogP contribution in [0, 0.1) is 10.1 Å². The van der Waals surface area contributed by atoms with Crippen molar-refractivity contribution in [3.8, 4) is 0 Å². The van der Waals surface area contributed by atoms with Crippen molar-refractivity contribution in [3.63, 3.8) is 0 Å². The molecular formula is C24H25BrN6O3. The van der Waals surface area contributed by atoms with Crippen molar-refractivity contribution in [2.75, 3.05) is 31.1 Å². The largest absolute Gasteiger partial charge is 0.361 e. The van der Waals surface area contributed by atoms with E-state index in [9.17, 15) is 14.9 Å². The van der Waals surface area contributed by atoms with Gasteiger partial charge in [-0.15, -0.1) is 0 Å². The minimum Gasteiger partial charge on any atom is -0.361 e. The van der Waals surface area contributed by atoms with Gasteiger partial charge in [0.2, 0.25) is 0 Å². The number of hydrogen-bond acceptors (Lipinski definition) is 6. The molecule has 0 radical (unpaired) electrons. The summed E-state index contributed by atoms with van der Waals surface area (Å²) in [4.78, 5) is 33.0. The zero-order valence-corrected chi connectivity index (χ0v) is 20.7. The van der Waals surface area contributed by atoms with Crippen LogP contribution in [0.1, 0.15) is 12.5 Å². The second-order valence-electron chi connectivity index (χ2n) is 8.54. The van der Waals surface area contributed by atoms with E-state index in [1.807, 2.05) is 4.90 Å². The Bertz CT molecular complexity index is 1470. The molecule has 0 bridgehead atoms. The maximum absolute atomic E-state index is 12.9. The summed E-state index contributed by atoms with van der Waals surface area (Å²) in [6.07, 6.45) is 2.12. The highest BCUT2D eigenvalue weighted by molar-refractivity contribution is 9.10. The number of nitrogens with zero attached hydrogens (tertiary/aromatic N) is 6. The summed E-state index contributed by atoms with van der Waals surface area (Å²) in [5.74, 6) is 0. The monoisotopic (exact) mass is 524 g/mol. The molecule has 5 rings (SSSR count). The van der Waals surface area contributed by atoms with Crippen molar-refractivity contribution >= 4 is 49.2 Å². The SMILES string of the molecule is CCn1ccc2c(CN3CCN(c4c([N+](=O)[O-])c(=O)n(C)c5ccc(Br)nc45)CC3)cccc21. The van der Waals surface area contributed by atoms with Gasteiger partial charge in [0.25, 0.3) is 0 Å². The third kappa shape index (κ3) is 3.76. The molecule has 1 aliphatic rings. The number of aromatic nitrogens is 3. The van der Waals surface area contributed by atoms with Crippen LogP contribution in [0.2, 0.25) is 0 Å². The predicted octanol–water partition coefficient (Wildman–Crippen LogP) is 3.90. The van der Waals surface area contributed by atoms with Crippen molar-refractivity contribution in [1.29, 1.82) is 0 Å². The normalized spacial score (nSPS) is 14.9. The number of benzene rings is 1. The van der Waals surface area contributed by atoms with Crippen LogP contribution in [-0.4, -0.2) is 50.1 Å². The summed E-state index contributed by atoms with van der Waals surface area (Å²) in [6.45, 7) is 6.48. The third-order valence-corrected chi connectivity index (χ3v) is 7.11. The predicted molar refractivity (Wildman–Crippen MR) is 136 cm³/mol. The highest BCUT2D eigenvalue weighted by Gasteiger charge is 2.31. The zero-order valence-electron chi connectivity index (χ0n) is 19.1. The Morgan fingerprint density at radius 1 is 1.09 bits per heavy atom. The maximum Gasteiger partial charge on any atom is 0.359 e. The molecule has 0 saturated carbocycles. The van der Waals surface area contributed by atoms with Gasteiger partial charge in [0, 0.05) is 63.4 Å². The van der Waals surface area contributed by atoms with Crippen molar-refractivity contribution in [2.24, 2.45) is 7.05 Å². The number of fused-ring (bicyclic) bond motifs is 2. The van der Waals surface area contributed by atoms with Crippen molar-refractivity contribution in [1.82, 2.24) is 19.0 Å².